The molecule has 1 aromatic carbocycles. The second-order valence-electron chi connectivity index (χ2n) is 6.31. The predicted molar refractivity (Wildman–Crippen MR) is 78.3 cm³/mol. The van der Waals surface area contributed by atoms with E-state index in [1.807, 2.05) is 27.7 Å². The third-order valence-corrected chi connectivity index (χ3v) is 3.49. The van der Waals surface area contributed by atoms with Gasteiger partial charge in [0.15, 0.2) is 0 Å². The van der Waals surface area contributed by atoms with Crippen LogP contribution >= 0.6 is 0 Å². The first kappa shape index (κ1) is 15.8. The van der Waals surface area contributed by atoms with Crippen molar-refractivity contribution in [2.45, 2.75) is 33.1 Å². The Balaban J connectivity index is 2.16. The summed E-state index contributed by atoms with van der Waals surface area (Å²) in [5.41, 5.74) is 1.14. The van der Waals surface area contributed by atoms with Crippen LogP contribution in [0, 0.1) is 12.7 Å². The molecule has 116 valence electrons. The maximum atomic E-state index is 14.3. The highest BCUT2D eigenvalue weighted by Gasteiger charge is 2.23. The number of ether oxygens (including phenoxy) is 2. The summed E-state index contributed by atoms with van der Waals surface area (Å²) in [6, 6.07) is 2.99. The van der Waals surface area contributed by atoms with Crippen molar-refractivity contribution in [3.8, 4) is 5.75 Å². The first-order chi connectivity index (χ1) is 9.79. The molecule has 0 bridgehead atoms. The minimum absolute atomic E-state index is 0.245. The van der Waals surface area contributed by atoms with Crippen LogP contribution in [0.1, 0.15) is 31.9 Å². The Morgan fingerprint density at radius 2 is 1.90 bits per heavy atom. The van der Waals surface area contributed by atoms with Gasteiger partial charge in [0.1, 0.15) is 11.6 Å². The quantitative estimate of drug-likeness (QED) is 0.798. The van der Waals surface area contributed by atoms with Gasteiger partial charge in [-0.15, -0.1) is 0 Å². The lowest BCUT2D eigenvalue weighted by Gasteiger charge is -2.26. The lowest BCUT2D eigenvalue weighted by Crippen LogP contribution is -2.42. The fraction of sp³-hybridized carbons (Fsp3) is 0.562. The maximum absolute atomic E-state index is 14.3. The smallest absolute Gasteiger partial charge is 0.410 e. The van der Waals surface area contributed by atoms with Gasteiger partial charge in [-0.2, -0.15) is 0 Å². The Morgan fingerprint density at radius 1 is 1.29 bits per heavy atom. The highest BCUT2D eigenvalue weighted by molar-refractivity contribution is 5.71. The summed E-state index contributed by atoms with van der Waals surface area (Å²) < 4.78 is 24.7. The number of halogens is 1. The number of nitrogens with zero attached hydrogens (tertiary/aromatic N) is 1. The fourth-order valence-electron chi connectivity index (χ4n) is 2.63. The molecule has 5 heteroatoms. The third kappa shape index (κ3) is 3.73. The van der Waals surface area contributed by atoms with Gasteiger partial charge in [0.05, 0.1) is 13.2 Å². The van der Waals surface area contributed by atoms with Gasteiger partial charge < -0.3 is 14.4 Å². The van der Waals surface area contributed by atoms with Crippen LogP contribution in [0.15, 0.2) is 12.1 Å². The topological polar surface area (TPSA) is 38.8 Å². The van der Waals surface area contributed by atoms with Crippen molar-refractivity contribution in [3.63, 3.8) is 0 Å². The number of amides is 1. The zero-order valence-corrected chi connectivity index (χ0v) is 13.0. The van der Waals surface area contributed by atoms with Crippen LogP contribution in [0.2, 0.25) is 0 Å². The lowest BCUT2D eigenvalue weighted by atomic mass is 9.83. The van der Waals surface area contributed by atoms with Gasteiger partial charge in [-0.25, -0.2) is 9.18 Å². The molecular weight excluding hydrogens is 273 g/mol. The second-order valence-corrected chi connectivity index (χ2v) is 6.31. The van der Waals surface area contributed by atoms with Crippen molar-refractivity contribution in [2.75, 3.05) is 26.3 Å². The number of rotatable bonds is 1. The molecule has 0 aromatic heterocycles. The molecule has 0 atom stereocenters. The molecule has 0 N–H and O–H groups in total. The van der Waals surface area contributed by atoms with Crippen molar-refractivity contribution < 1.29 is 18.7 Å². The zero-order chi connectivity index (χ0) is 15.6. The lowest BCUT2D eigenvalue weighted by molar-refractivity contribution is 0.0415. The Labute approximate surface area is 124 Å². The first-order valence-corrected chi connectivity index (χ1v) is 7.14. The first-order valence-electron chi connectivity index (χ1n) is 7.14. The Kier molecular flexibility index (Phi) is 4.52. The van der Waals surface area contributed by atoms with Crippen molar-refractivity contribution in [3.05, 3.63) is 29.1 Å². The van der Waals surface area contributed by atoms with E-state index in [2.05, 4.69) is 0 Å². The predicted octanol–water partition coefficient (Wildman–Crippen LogP) is 3.26. The summed E-state index contributed by atoms with van der Waals surface area (Å²) in [4.78, 5) is 13.6. The molecule has 1 aromatic rings. The third-order valence-electron chi connectivity index (χ3n) is 3.49. The number of morpholine rings is 1. The molecule has 2 rings (SSSR count). The normalized spacial score (nSPS) is 16.0. The van der Waals surface area contributed by atoms with Crippen LogP contribution < -0.4 is 4.74 Å². The van der Waals surface area contributed by atoms with E-state index in [1.165, 1.54) is 6.07 Å². The minimum Gasteiger partial charge on any atom is -0.410 e. The van der Waals surface area contributed by atoms with Crippen molar-refractivity contribution in [1.82, 2.24) is 4.90 Å². The number of hydrogen-bond donors (Lipinski definition) is 0. The molecule has 4 nitrogen and oxygen atoms in total. The van der Waals surface area contributed by atoms with Gasteiger partial charge in [-0.3, -0.25) is 0 Å². The van der Waals surface area contributed by atoms with Gasteiger partial charge in [-0.1, -0.05) is 20.8 Å². The van der Waals surface area contributed by atoms with Crippen LogP contribution in [0.5, 0.6) is 5.75 Å². The standard InChI is InChI=1S/C16H22FNO3/c1-11-9-12(10-13(17)14(11)16(2,3)4)21-15(19)18-5-7-20-8-6-18/h9-10H,5-8H2,1-4H3. The van der Waals surface area contributed by atoms with Crippen LogP contribution in [0.3, 0.4) is 0 Å². The van der Waals surface area contributed by atoms with E-state index in [4.69, 9.17) is 9.47 Å². The van der Waals surface area contributed by atoms with Crippen LogP contribution in [0.4, 0.5) is 9.18 Å². The van der Waals surface area contributed by atoms with Crippen LogP contribution in [0.25, 0.3) is 0 Å². The van der Waals surface area contributed by atoms with Gasteiger partial charge >= 0.3 is 6.09 Å². The fourth-order valence-corrected chi connectivity index (χ4v) is 2.63. The van der Waals surface area contributed by atoms with Gasteiger partial charge in [0.2, 0.25) is 0 Å². The maximum Gasteiger partial charge on any atom is 0.415 e. The molecule has 0 aliphatic carbocycles. The summed E-state index contributed by atoms with van der Waals surface area (Å²) in [6.07, 6.45) is -0.458. The van der Waals surface area contributed by atoms with Crippen molar-refractivity contribution in [1.29, 1.82) is 0 Å². The van der Waals surface area contributed by atoms with E-state index in [-0.39, 0.29) is 17.0 Å². The van der Waals surface area contributed by atoms with E-state index in [9.17, 15) is 9.18 Å². The molecule has 0 unspecified atom stereocenters. The number of carbonyl (C=O) groups is 1. The van der Waals surface area contributed by atoms with Crippen molar-refractivity contribution >= 4 is 6.09 Å². The number of aryl methyl sites for hydroxylation is 1. The zero-order valence-electron chi connectivity index (χ0n) is 13.0. The molecule has 1 aliphatic heterocycles. The van der Waals surface area contributed by atoms with Crippen LogP contribution in [-0.2, 0) is 10.2 Å². The number of hydrogen-bond acceptors (Lipinski definition) is 3. The average Bonchev–Trinajstić information content (AvgIpc) is 2.37. The molecule has 1 saturated heterocycles. The van der Waals surface area contributed by atoms with Gasteiger partial charge in [0, 0.05) is 19.2 Å². The number of carbonyl (C=O) groups excluding carboxylic acids is 1. The SMILES string of the molecule is Cc1cc(OC(=O)N2CCOCC2)cc(F)c1C(C)(C)C. The monoisotopic (exact) mass is 295 g/mol. The van der Waals surface area contributed by atoms with Crippen LogP contribution in [-0.4, -0.2) is 37.3 Å². The van der Waals surface area contributed by atoms with Crippen molar-refractivity contribution in [2.24, 2.45) is 0 Å². The molecule has 1 fully saturated rings. The van der Waals surface area contributed by atoms with E-state index in [0.29, 0.717) is 31.9 Å². The number of benzene rings is 1. The van der Waals surface area contributed by atoms with Gasteiger partial charge in [0.25, 0.3) is 0 Å². The average molecular weight is 295 g/mol. The summed E-state index contributed by atoms with van der Waals surface area (Å²) in [5, 5.41) is 0. The largest absolute Gasteiger partial charge is 0.415 e. The Hall–Kier alpha value is -1.62. The van der Waals surface area contributed by atoms with E-state index < -0.39 is 6.09 Å². The van der Waals surface area contributed by atoms with E-state index >= 15 is 0 Å². The Morgan fingerprint density at radius 3 is 2.43 bits per heavy atom. The second kappa shape index (κ2) is 6.02. The molecular formula is C16H22FNO3. The molecule has 0 saturated carbocycles. The molecule has 0 radical (unpaired) electrons. The molecule has 1 heterocycles. The summed E-state index contributed by atoms with van der Waals surface area (Å²) in [7, 11) is 0. The molecule has 0 spiro atoms. The van der Waals surface area contributed by atoms with E-state index in [1.54, 1.807) is 11.0 Å². The Bertz CT molecular complexity index is 508. The van der Waals surface area contributed by atoms with E-state index in [0.717, 1.165) is 5.56 Å². The van der Waals surface area contributed by atoms with Gasteiger partial charge in [-0.05, 0) is 29.5 Å². The summed E-state index contributed by atoms with van der Waals surface area (Å²) in [6.45, 7) is 9.71. The minimum atomic E-state index is -0.458. The summed E-state index contributed by atoms with van der Waals surface area (Å²) >= 11 is 0. The highest BCUT2D eigenvalue weighted by atomic mass is 19.1. The highest BCUT2D eigenvalue weighted by Crippen LogP contribution is 2.31. The summed E-state index contributed by atoms with van der Waals surface area (Å²) in [5.74, 6) is -0.0956. The molecule has 21 heavy (non-hydrogen) atoms. The molecule has 1 aliphatic rings. The molecule has 1 amide bonds.